The minimum atomic E-state index is -1.04. The summed E-state index contributed by atoms with van der Waals surface area (Å²) in [5.41, 5.74) is -1.06. The highest BCUT2D eigenvalue weighted by molar-refractivity contribution is 9.10. The van der Waals surface area contributed by atoms with E-state index in [9.17, 15) is 13.9 Å². The van der Waals surface area contributed by atoms with Gasteiger partial charge in [0, 0.05) is 24.6 Å². The van der Waals surface area contributed by atoms with Crippen molar-refractivity contribution in [1.82, 2.24) is 4.90 Å². The summed E-state index contributed by atoms with van der Waals surface area (Å²) in [5, 5.41) is 10.8. The van der Waals surface area contributed by atoms with Crippen LogP contribution in [0.15, 0.2) is 16.6 Å². The van der Waals surface area contributed by atoms with Crippen LogP contribution in [0.4, 0.5) is 8.78 Å². The fourth-order valence-electron chi connectivity index (χ4n) is 2.95. The second-order valence-electron chi connectivity index (χ2n) is 6.21. The highest BCUT2D eigenvalue weighted by Gasteiger charge is 2.33. The summed E-state index contributed by atoms with van der Waals surface area (Å²) < 4.78 is 28.2. The Bertz CT molecular complexity index is 509. The molecule has 21 heavy (non-hydrogen) atoms. The zero-order valence-corrected chi connectivity index (χ0v) is 14.1. The van der Waals surface area contributed by atoms with Gasteiger partial charge in [-0.05, 0) is 67.7 Å². The molecule has 5 heteroatoms. The number of hydrogen-bond donors (Lipinski definition) is 1. The predicted octanol–water partition coefficient (Wildman–Crippen LogP) is 3.90. The van der Waals surface area contributed by atoms with Gasteiger partial charge in [0.2, 0.25) is 0 Å². The van der Waals surface area contributed by atoms with Gasteiger partial charge >= 0.3 is 0 Å². The maximum Gasteiger partial charge on any atom is 0.143 e. The molecule has 0 saturated carbocycles. The highest BCUT2D eigenvalue weighted by Crippen LogP contribution is 2.31. The first-order valence-electron chi connectivity index (χ1n) is 7.41. The summed E-state index contributed by atoms with van der Waals surface area (Å²) in [6.07, 6.45) is 1.97. The molecular formula is C16H22BrF2NO. The van der Waals surface area contributed by atoms with E-state index in [1.165, 1.54) is 12.1 Å². The average molecular weight is 362 g/mol. The van der Waals surface area contributed by atoms with Gasteiger partial charge in [-0.1, -0.05) is 0 Å². The second-order valence-corrected chi connectivity index (χ2v) is 7.06. The van der Waals surface area contributed by atoms with Crippen molar-refractivity contribution in [2.45, 2.75) is 51.2 Å². The van der Waals surface area contributed by atoms with E-state index in [0.717, 1.165) is 19.5 Å². The second kappa shape index (κ2) is 6.71. The quantitative estimate of drug-likeness (QED) is 0.825. The molecule has 1 fully saturated rings. The van der Waals surface area contributed by atoms with E-state index in [-0.39, 0.29) is 16.5 Å². The first-order chi connectivity index (χ1) is 9.82. The molecule has 0 amide bonds. The normalized spacial score (nSPS) is 24.3. The molecule has 1 aromatic rings. The van der Waals surface area contributed by atoms with Crippen LogP contribution in [0, 0.1) is 11.6 Å². The maximum atomic E-state index is 14.1. The molecule has 0 bridgehead atoms. The van der Waals surface area contributed by atoms with Gasteiger partial charge in [-0.15, -0.1) is 0 Å². The SMILES string of the molecule is CC(C)N1CCCC(O)(Cc2c(F)ccc(Br)c2F)CC1. The topological polar surface area (TPSA) is 23.5 Å². The number of halogens is 3. The highest BCUT2D eigenvalue weighted by atomic mass is 79.9. The van der Waals surface area contributed by atoms with Crippen LogP contribution in [0.5, 0.6) is 0 Å². The van der Waals surface area contributed by atoms with Crippen molar-refractivity contribution < 1.29 is 13.9 Å². The molecule has 1 saturated heterocycles. The smallest absolute Gasteiger partial charge is 0.143 e. The molecular weight excluding hydrogens is 340 g/mol. The number of likely N-dealkylation sites (tertiary alicyclic amines) is 1. The summed E-state index contributed by atoms with van der Waals surface area (Å²) in [6, 6.07) is 3.01. The van der Waals surface area contributed by atoms with Crippen LogP contribution in [0.3, 0.4) is 0 Å². The van der Waals surface area contributed by atoms with Crippen LogP contribution < -0.4 is 0 Å². The van der Waals surface area contributed by atoms with Crippen molar-refractivity contribution in [3.05, 3.63) is 33.8 Å². The van der Waals surface area contributed by atoms with E-state index >= 15 is 0 Å². The number of rotatable bonds is 3. The number of aliphatic hydroxyl groups is 1. The lowest BCUT2D eigenvalue weighted by molar-refractivity contribution is 0.0232. The molecule has 1 N–H and O–H groups in total. The van der Waals surface area contributed by atoms with Gasteiger partial charge in [0.15, 0.2) is 0 Å². The third-order valence-electron chi connectivity index (χ3n) is 4.33. The Morgan fingerprint density at radius 1 is 1.29 bits per heavy atom. The van der Waals surface area contributed by atoms with Crippen molar-refractivity contribution in [2.24, 2.45) is 0 Å². The molecule has 1 unspecified atom stereocenters. The van der Waals surface area contributed by atoms with Crippen molar-refractivity contribution >= 4 is 15.9 Å². The summed E-state index contributed by atoms with van der Waals surface area (Å²) in [4.78, 5) is 2.30. The fourth-order valence-corrected chi connectivity index (χ4v) is 3.32. The Kier molecular flexibility index (Phi) is 5.38. The van der Waals surface area contributed by atoms with Gasteiger partial charge in [0.1, 0.15) is 11.6 Å². The molecule has 0 aromatic heterocycles. The summed E-state index contributed by atoms with van der Waals surface area (Å²) in [7, 11) is 0. The summed E-state index contributed by atoms with van der Waals surface area (Å²) in [5.74, 6) is -1.19. The zero-order chi connectivity index (χ0) is 15.6. The monoisotopic (exact) mass is 361 g/mol. The molecule has 0 spiro atoms. The van der Waals surface area contributed by atoms with Gasteiger partial charge in [-0.3, -0.25) is 0 Å². The van der Waals surface area contributed by atoms with E-state index in [2.05, 4.69) is 34.7 Å². The molecule has 118 valence electrons. The molecule has 2 nitrogen and oxygen atoms in total. The minimum Gasteiger partial charge on any atom is -0.389 e. The molecule has 1 aliphatic heterocycles. The number of nitrogens with zero attached hydrogens (tertiary/aromatic N) is 1. The van der Waals surface area contributed by atoms with E-state index in [0.29, 0.717) is 18.9 Å². The molecule has 1 heterocycles. The standard InChI is InChI=1S/C16H22BrF2NO/c1-11(2)20-8-3-6-16(21,7-9-20)10-12-14(18)5-4-13(17)15(12)19/h4-5,11,21H,3,6-10H2,1-2H3. The minimum absolute atomic E-state index is 0.0233. The van der Waals surface area contributed by atoms with E-state index in [1.807, 2.05) is 0 Å². The Morgan fingerprint density at radius 2 is 2.00 bits per heavy atom. The van der Waals surface area contributed by atoms with E-state index in [4.69, 9.17) is 0 Å². The van der Waals surface area contributed by atoms with Gasteiger partial charge in [-0.2, -0.15) is 0 Å². The van der Waals surface area contributed by atoms with E-state index in [1.54, 1.807) is 0 Å². The number of hydrogen-bond acceptors (Lipinski definition) is 2. The lowest BCUT2D eigenvalue weighted by atomic mass is 9.87. The molecule has 2 rings (SSSR count). The van der Waals surface area contributed by atoms with Crippen molar-refractivity contribution in [3.63, 3.8) is 0 Å². The van der Waals surface area contributed by atoms with Crippen LogP contribution in [-0.2, 0) is 6.42 Å². The third kappa shape index (κ3) is 4.02. The Morgan fingerprint density at radius 3 is 2.67 bits per heavy atom. The maximum absolute atomic E-state index is 14.1. The number of benzene rings is 1. The largest absolute Gasteiger partial charge is 0.389 e. The molecule has 1 aromatic carbocycles. The summed E-state index contributed by atoms with van der Waals surface area (Å²) in [6.45, 7) is 5.92. The summed E-state index contributed by atoms with van der Waals surface area (Å²) >= 11 is 3.08. The Balaban J connectivity index is 2.17. The van der Waals surface area contributed by atoms with Gasteiger partial charge in [0.25, 0.3) is 0 Å². The first kappa shape index (κ1) is 16.8. The molecule has 1 aliphatic rings. The van der Waals surface area contributed by atoms with Crippen molar-refractivity contribution in [1.29, 1.82) is 0 Å². The third-order valence-corrected chi connectivity index (χ3v) is 4.94. The van der Waals surface area contributed by atoms with E-state index < -0.39 is 17.2 Å². The lowest BCUT2D eigenvalue weighted by Gasteiger charge is -2.28. The van der Waals surface area contributed by atoms with Crippen LogP contribution in [0.1, 0.15) is 38.7 Å². The average Bonchev–Trinajstić information content (AvgIpc) is 2.62. The van der Waals surface area contributed by atoms with Crippen molar-refractivity contribution in [3.8, 4) is 0 Å². The fraction of sp³-hybridized carbons (Fsp3) is 0.625. The Hall–Kier alpha value is -0.520. The molecule has 0 radical (unpaired) electrons. The zero-order valence-electron chi connectivity index (χ0n) is 12.5. The lowest BCUT2D eigenvalue weighted by Crippen LogP contribution is -2.36. The van der Waals surface area contributed by atoms with Crippen molar-refractivity contribution in [2.75, 3.05) is 13.1 Å². The molecule has 1 atom stereocenters. The van der Waals surface area contributed by atoms with Crippen LogP contribution in [0.25, 0.3) is 0 Å². The predicted molar refractivity (Wildman–Crippen MR) is 83.3 cm³/mol. The van der Waals surface area contributed by atoms with Crippen LogP contribution in [-0.4, -0.2) is 34.7 Å². The molecule has 0 aliphatic carbocycles. The van der Waals surface area contributed by atoms with Gasteiger partial charge in [-0.25, -0.2) is 8.78 Å². The van der Waals surface area contributed by atoms with Crippen LogP contribution in [0.2, 0.25) is 0 Å². The first-order valence-corrected chi connectivity index (χ1v) is 8.20. The van der Waals surface area contributed by atoms with Crippen LogP contribution >= 0.6 is 15.9 Å². The van der Waals surface area contributed by atoms with Gasteiger partial charge < -0.3 is 10.0 Å². The Labute approximate surface area is 133 Å². The van der Waals surface area contributed by atoms with Gasteiger partial charge in [0.05, 0.1) is 10.1 Å².